The first-order valence-corrected chi connectivity index (χ1v) is 9.83. The number of rotatable bonds is 5. The van der Waals surface area contributed by atoms with Crippen LogP contribution in [0.1, 0.15) is 31.2 Å². The fraction of sp³-hybridized carbons (Fsp3) is 0.444. The Morgan fingerprint density at radius 2 is 1.84 bits per heavy atom. The Hall–Kier alpha value is -1.30. The molecule has 0 bridgehead atoms. The Balaban J connectivity index is 1.47. The summed E-state index contributed by atoms with van der Waals surface area (Å²) in [6, 6.07) is 9.68. The van der Waals surface area contributed by atoms with E-state index in [4.69, 9.17) is 27.9 Å². The number of carbonyl (C=O) groups is 1. The Labute approximate surface area is 160 Å². The second-order valence-electron chi connectivity index (χ2n) is 6.36. The maximum Gasteiger partial charge on any atom is 0.309 e. The number of hydrogen-bond acceptors (Lipinski definition) is 4. The molecule has 1 aromatic heterocycles. The first-order valence-electron chi connectivity index (χ1n) is 8.30. The molecule has 1 aliphatic rings. The van der Waals surface area contributed by atoms with Crippen molar-refractivity contribution in [3.8, 4) is 0 Å². The van der Waals surface area contributed by atoms with E-state index in [0.717, 1.165) is 31.2 Å². The zero-order valence-electron chi connectivity index (χ0n) is 13.6. The highest BCUT2D eigenvalue weighted by Crippen LogP contribution is 2.32. The van der Waals surface area contributed by atoms with E-state index in [1.807, 2.05) is 30.3 Å². The van der Waals surface area contributed by atoms with Crippen molar-refractivity contribution < 1.29 is 9.53 Å². The van der Waals surface area contributed by atoms with Crippen LogP contribution in [0.15, 0.2) is 35.1 Å². The molecule has 0 N–H and O–H groups in total. The molecule has 3 rings (SSSR count). The number of benzene rings is 1. The van der Waals surface area contributed by atoms with Crippen LogP contribution in [-0.4, -0.2) is 9.93 Å². The number of hydrogen-bond donors (Lipinski definition) is 0. The van der Waals surface area contributed by atoms with Gasteiger partial charge in [-0.05, 0) is 48.7 Å². The number of aromatic nitrogens is 1. The summed E-state index contributed by atoms with van der Waals surface area (Å²) in [6.07, 6.45) is 3.37. The predicted molar refractivity (Wildman–Crippen MR) is 100 cm³/mol. The minimum atomic E-state index is -0.221. The molecule has 0 radical (unpaired) electrons. The average molecular weight is 400 g/mol. The monoisotopic (exact) mass is 399 g/mol. The highest BCUT2D eigenvalue weighted by Gasteiger charge is 2.28. The van der Waals surface area contributed by atoms with Crippen molar-refractivity contribution in [2.75, 3.05) is 0 Å². The summed E-state index contributed by atoms with van der Waals surface area (Å²) in [4.78, 5) is 24.2. The molecule has 1 aliphatic carbocycles. The second kappa shape index (κ2) is 8.39. The molecule has 0 unspecified atom stereocenters. The fourth-order valence-corrected chi connectivity index (χ4v) is 4.56. The van der Waals surface area contributed by atoms with Crippen molar-refractivity contribution in [3.63, 3.8) is 0 Å². The van der Waals surface area contributed by atoms with Crippen molar-refractivity contribution >= 4 is 40.7 Å². The smallest absolute Gasteiger partial charge is 0.309 e. The van der Waals surface area contributed by atoms with E-state index in [-0.39, 0.29) is 22.5 Å². The molecule has 1 fully saturated rings. The van der Waals surface area contributed by atoms with Crippen LogP contribution in [-0.2, 0) is 22.7 Å². The van der Waals surface area contributed by atoms with Crippen LogP contribution in [0.25, 0.3) is 0 Å². The van der Waals surface area contributed by atoms with Gasteiger partial charge in [-0.2, -0.15) is 0 Å². The van der Waals surface area contributed by atoms with E-state index in [9.17, 15) is 9.59 Å². The molecule has 25 heavy (non-hydrogen) atoms. The summed E-state index contributed by atoms with van der Waals surface area (Å²) in [5.74, 6) is 0.190. The molecule has 0 saturated heterocycles. The molecule has 2 aromatic rings. The van der Waals surface area contributed by atoms with Crippen LogP contribution in [0.5, 0.6) is 0 Å². The quantitative estimate of drug-likeness (QED) is 0.680. The third kappa shape index (κ3) is 4.66. The fourth-order valence-electron chi connectivity index (χ4n) is 3.15. The predicted octanol–water partition coefficient (Wildman–Crippen LogP) is 4.77. The van der Waals surface area contributed by atoms with Crippen LogP contribution in [0.4, 0.5) is 0 Å². The molecule has 134 valence electrons. The summed E-state index contributed by atoms with van der Waals surface area (Å²) < 4.78 is 7.38. The van der Waals surface area contributed by atoms with Crippen LogP contribution in [0.2, 0.25) is 9.36 Å². The van der Waals surface area contributed by atoms with Gasteiger partial charge in [-0.25, -0.2) is 0 Å². The van der Waals surface area contributed by atoms with Gasteiger partial charge in [-0.15, -0.1) is 0 Å². The average Bonchev–Trinajstić information content (AvgIpc) is 2.88. The van der Waals surface area contributed by atoms with Crippen molar-refractivity contribution in [1.29, 1.82) is 0 Å². The lowest BCUT2D eigenvalue weighted by Crippen LogP contribution is -2.27. The van der Waals surface area contributed by atoms with Gasteiger partial charge in [-0.1, -0.05) is 53.5 Å². The molecular formula is C18H19Cl2NO3S. The lowest BCUT2D eigenvalue weighted by molar-refractivity contribution is -0.151. The Morgan fingerprint density at radius 3 is 2.44 bits per heavy atom. The lowest BCUT2D eigenvalue weighted by atomic mass is 9.82. The summed E-state index contributed by atoms with van der Waals surface area (Å²) in [5, 5.41) is 0.102. The molecule has 0 spiro atoms. The van der Waals surface area contributed by atoms with E-state index < -0.39 is 0 Å². The van der Waals surface area contributed by atoms with E-state index in [1.54, 1.807) is 3.96 Å². The lowest BCUT2D eigenvalue weighted by Gasteiger charge is -2.27. The van der Waals surface area contributed by atoms with Crippen molar-refractivity contribution in [2.24, 2.45) is 11.8 Å². The molecule has 0 aliphatic heterocycles. The van der Waals surface area contributed by atoms with Crippen LogP contribution < -0.4 is 5.56 Å². The topological polar surface area (TPSA) is 48.3 Å². The molecule has 1 saturated carbocycles. The summed E-state index contributed by atoms with van der Waals surface area (Å²) in [7, 11) is 0. The number of esters is 1. The van der Waals surface area contributed by atoms with Crippen LogP contribution >= 0.6 is 34.7 Å². The summed E-state index contributed by atoms with van der Waals surface area (Å²) >= 11 is 13.0. The van der Waals surface area contributed by atoms with Crippen LogP contribution in [0, 0.1) is 11.8 Å². The molecule has 1 aromatic carbocycles. The van der Waals surface area contributed by atoms with Gasteiger partial charge in [0.15, 0.2) is 0 Å². The summed E-state index contributed by atoms with van der Waals surface area (Å²) in [6.45, 7) is 0.933. The van der Waals surface area contributed by atoms with Gasteiger partial charge in [0.1, 0.15) is 16.0 Å². The first kappa shape index (κ1) is 18.5. The highest BCUT2D eigenvalue weighted by molar-refractivity contribution is 7.11. The Bertz CT molecular complexity index is 779. The van der Waals surface area contributed by atoms with Crippen molar-refractivity contribution in [2.45, 2.75) is 38.8 Å². The maximum absolute atomic E-state index is 12.2. The number of ether oxygens (including phenoxy) is 1. The van der Waals surface area contributed by atoms with E-state index in [1.165, 1.54) is 11.5 Å². The molecule has 7 heteroatoms. The van der Waals surface area contributed by atoms with Gasteiger partial charge < -0.3 is 4.74 Å². The van der Waals surface area contributed by atoms with Crippen LogP contribution in [0.3, 0.4) is 0 Å². The second-order valence-corrected chi connectivity index (χ2v) is 8.37. The molecule has 0 atom stereocenters. The first-order chi connectivity index (χ1) is 12.0. The minimum absolute atomic E-state index is 0.0489. The summed E-state index contributed by atoms with van der Waals surface area (Å²) in [5.41, 5.74) is 0.774. The zero-order valence-corrected chi connectivity index (χ0v) is 15.9. The SMILES string of the molecule is O=C(OCc1ccccc1)C1CCC(Cn2sc(Cl)c(Cl)c2=O)CC1. The van der Waals surface area contributed by atoms with Gasteiger partial charge in [0.2, 0.25) is 0 Å². The zero-order chi connectivity index (χ0) is 17.8. The van der Waals surface area contributed by atoms with Crippen molar-refractivity contribution in [1.82, 2.24) is 3.96 Å². The number of carbonyl (C=O) groups excluding carboxylic acids is 1. The Kier molecular flexibility index (Phi) is 6.20. The van der Waals surface area contributed by atoms with E-state index in [2.05, 4.69) is 0 Å². The van der Waals surface area contributed by atoms with Gasteiger partial charge in [0, 0.05) is 6.54 Å². The van der Waals surface area contributed by atoms with Gasteiger partial charge in [0.05, 0.1) is 5.92 Å². The van der Waals surface area contributed by atoms with E-state index in [0.29, 0.717) is 23.4 Å². The standard InChI is InChI=1S/C18H19Cl2NO3S/c19-15-16(20)25-21(17(15)22)10-12-6-8-14(9-7-12)18(23)24-11-13-4-2-1-3-5-13/h1-5,12,14H,6-11H2. The third-order valence-electron chi connectivity index (χ3n) is 4.61. The van der Waals surface area contributed by atoms with E-state index >= 15 is 0 Å². The highest BCUT2D eigenvalue weighted by atomic mass is 35.5. The van der Waals surface area contributed by atoms with Gasteiger partial charge in [0.25, 0.3) is 5.56 Å². The largest absolute Gasteiger partial charge is 0.461 e. The third-order valence-corrected chi connectivity index (χ3v) is 6.46. The molecule has 0 amide bonds. The number of nitrogens with zero attached hydrogens (tertiary/aromatic N) is 1. The Morgan fingerprint density at radius 1 is 1.16 bits per heavy atom. The number of halogens is 2. The normalized spacial score (nSPS) is 20.4. The van der Waals surface area contributed by atoms with Crippen molar-refractivity contribution in [3.05, 3.63) is 55.6 Å². The maximum atomic E-state index is 12.2. The van der Waals surface area contributed by atoms with Gasteiger partial charge >= 0.3 is 5.97 Å². The molecular weight excluding hydrogens is 381 g/mol. The van der Waals surface area contributed by atoms with Gasteiger partial charge in [-0.3, -0.25) is 13.5 Å². The molecule has 4 nitrogen and oxygen atoms in total. The molecule has 1 heterocycles. The minimum Gasteiger partial charge on any atom is -0.461 e.